The second-order valence-corrected chi connectivity index (χ2v) is 14.4. The van der Waals surface area contributed by atoms with E-state index in [0.29, 0.717) is 17.5 Å². The van der Waals surface area contributed by atoms with Gasteiger partial charge in [0.1, 0.15) is 0 Å². The van der Waals surface area contributed by atoms with Crippen molar-refractivity contribution in [3.8, 4) is 78.8 Å². The lowest BCUT2D eigenvalue weighted by Gasteiger charge is -2.23. The van der Waals surface area contributed by atoms with Crippen LogP contribution >= 0.6 is 0 Å². The maximum absolute atomic E-state index is 5.23. The van der Waals surface area contributed by atoms with Crippen molar-refractivity contribution < 1.29 is 0 Å². The van der Waals surface area contributed by atoms with E-state index >= 15 is 0 Å². The zero-order valence-electron chi connectivity index (χ0n) is 31.0. The summed E-state index contributed by atoms with van der Waals surface area (Å²) in [5.74, 6) is 1.93. The van der Waals surface area contributed by atoms with Gasteiger partial charge in [-0.2, -0.15) is 0 Å². The van der Waals surface area contributed by atoms with Gasteiger partial charge in [-0.3, -0.25) is 4.98 Å². The van der Waals surface area contributed by atoms with Crippen LogP contribution in [0.3, 0.4) is 0 Å². The van der Waals surface area contributed by atoms with Crippen LogP contribution in [0.2, 0.25) is 0 Å². The molecule has 0 saturated heterocycles. The number of fused-ring (bicyclic) bond motifs is 3. The summed E-state index contributed by atoms with van der Waals surface area (Å²) in [6, 6.07) is 55.6. The molecular formula is C51H37N5. The highest BCUT2D eigenvalue weighted by atomic mass is 15.1. The number of allylic oxidation sites excluding steroid dienone is 2. The average Bonchev–Trinajstić information content (AvgIpc) is 3.65. The molecule has 0 radical (unpaired) electrons. The van der Waals surface area contributed by atoms with E-state index in [4.69, 9.17) is 15.0 Å². The molecule has 8 aromatic rings. The lowest BCUT2D eigenvalue weighted by Crippen LogP contribution is -2.18. The Hall–Kier alpha value is -7.24. The highest BCUT2D eigenvalue weighted by Gasteiger charge is 2.21. The van der Waals surface area contributed by atoms with E-state index in [1.807, 2.05) is 42.6 Å². The van der Waals surface area contributed by atoms with E-state index in [2.05, 4.69) is 156 Å². The summed E-state index contributed by atoms with van der Waals surface area (Å²) < 4.78 is 0. The van der Waals surface area contributed by atoms with Gasteiger partial charge in [-0.1, -0.05) is 133 Å². The first-order valence-electron chi connectivity index (χ1n) is 19.0. The third kappa shape index (κ3) is 6.39. The van der Waals surface area contributed by atoms with Crippen molar-refractivity contribution in [3.05, 3.63) is 199 Å². The minimum absolute atomic E-state index is 0.628. The molecule has 0 unspecified atom stereocenters. The van der Waals surface area contributed by atoms with Crippen molar-refractivity contribution in [2.45, 2.75) is 6.42 Å². The number of pyridine rings is 1. The van der Waals surface area contributed by atoms with Gasteiger partial charge in [0, 0.05) is 47.7 Å². The molecule has 0 N–H and O–H groups in total. The van der Waals surface area contributed by atoms with E-state index in [1.165, 1.54) is 33.5 Å². The molecule has 0 atom stereocenters. The van der Waals surface area contributed by atoms with E-state index < -0.39 is 0 Å². The lowest BCUT2D eigenvalue weighted by molar-refractivity contribution is 0.531. The summed E-state index contributed by atoms with van der Waals surface area (Å²) in [7, 11) is 2.13. The SMILES string of the molecule is CN1CC=CC=C1c1ccc(-c2cc(-c3ccc(-c4ccccn4)cc3)cc(-c3nc(-c4ccccc4)nc(-c4ccc5c(c4)Cc4ccccc4-5)n3)c2)cc1. The molecule has 3 heterocycles. The van der Waals surface area contributed by atoms with Gasteiger partial charge in [-0.25, -0.2) is 15.0 Å². The molecule has 0 saturated carbocycles. The van der Waals surface area contributed by atoms with Crippen LogP contribution in [0.5, 0.6) is 0 Å². The quantitative estimate of drug-likeness (QED) is 0.164. The molecule has 0 spiro atoms. The van der Waals surface area contributed by atoms with Crippen molar-refractivity contribution >= 4 is 5.70 Å². The molecular weight excluding hydrogens is 683 g/mol. The average molecular weight is 720 g/mol. The Bertz CT molecular complexity index is 2790. The predicted molar refractivity (Wildman–Crippen MR) is 228 cm³/mol. The fourth-order valence-corrected chi connectivity index (χ4v) is 7.85. The Morgan fingerprint density at radius 2 is 1.04 bits per heavy atom. The molecule has 0 amide bonds. The molecule has 2 aromatic heterocycles. The summed E-state index contributed by atoms with van der Waals surface area (Å²) in [4.78, 5) is 22.3. The summed E-state index contributed by atoms with van der Waals surface area (Å²) in [5, 5.41) is 0. The Kier molecular flexibility index (Phi) is 8.45. The first kappa shape index (κ1) is 33.3. The van der Waals surface area contributed by atoms with E-state index in [1.54, 1.807) is 0 Å². The molecule has 5 nitrogen and oxygen atoms in total. The smallest absolute Gasteiger partial charge is 0.164 e. The van der Waals surface area contributed by atoms with Crippen molar-refractivity contribution in [2.75, 3.05) is 13.6 Å². The van der Waals surface area contributed by atoms with Gasteiger partial charge in [0.2, 0.25) is 0 Å². The van der Waals surface area contributed by atoms with Crippen LogP contribution in [0.15, 0.2) is 182 Å². The number of benzene rings is 6. The Balaban J connectivity index is 1.11. The molecule has 1 aliphatic heterocycles. The zero-order valence-corrected chi connectivity index (χ0v) is 31.0. The number of likely N-dealkylation sites (N-methyl/N-ethyl adjacent to an activating group) is 1. The van der Waals surface area contributed by atoms with Gasteiger partial charge in [0.25, 0.3) is 0 Å². The summed E-state index contributed by atoms with van der Waals surface area (Å²) >= 11 is 0. The van der Waals surface area contributed by atoms with Crippen LogP contribution < -0.4 is 0 Å². The fraction of sp³-hybridized carbons (Fsp3) is 0.0588. The van der Waals surface area contributed by atoms with Gasteiger partial charge >= 0.3 is 0 Å². The number of rotatable bonds is 7. The molecule has 0 bridgehead atoms. The summed E-state index contributed by atoms with van der Waals surface area (Å²) in [6.45, 7) is 0.899. The largest absolute Gasteiger partial charge is 0.370 e. The number of aromatic nitrogens is 4. The molecule has 56 heavy (non-hydrogen) atoms. The Morgan fingerprint density at radius 3 is 1.75 bits per heavy atom. The van der Waals surface area contributed by atoms with Gasteiger partial charge in [0.05, 0.1) is 5.69 Å². The van der Waals surface area contributed by atoms with Crippen molar-refractivity contribution in [2.24, 2.45) is 0 Å². The highest BCUT2D eigenvalue weighted by molar-refractivity contribution is 5.83. The molecule has 10 rings (SSSR count). The van der Waals surface area contributed by atoms with Crippen LogP contribution in [0.1, 0.15) is 16.7 Å². The maximum Gasteiger partial charge on any atom is 0.164 e. The topological polar surface area (TPSA) is 54.8 Å². The van der Waals surface area contributed by atoms with Gasteiger partial charge in [-0.05, 0) is 99.0 Å². The second-order valence-electron chi connectivity index (χ2n) is 14.4. The Labute approximate surface area is 327 Å². The lowest BCUT2D eigenvalue weighted by atomic mass is 9.94. The Morgan fingerprint density at radius 1 is 0.446 bits per heavy atom. The third-order valence-electron chi connectivity index (χ3n) is 10.8. The number of nitrogens with zero attached hydrogens (tertiary/aromatic N) is 5. The summed E-state index contributed by atoms with van der Waals surface area (Å²) in [6.07, 6.45) is 9.21. The number of hydrogen-bond donors (Lipinski definition) is 0. The maximum atomic E-state index is 5.23. The van der Waals surface area contributed by atoms with Crippen LogP contribution in [-0.2, 0) is 6.42 Å². The zero-order chi connectivity index (χ0) is 37.4. The molecule has 5 heteroatoms. The second kappa shape index (κ2) is 14.2. The fourth-order valence-electron chi connectivity index (χ4n) is 7.85. The molecule has 266 valence electrons. The minimum Gasteiger partial charge on any atom is -0.370 e. The monoisotopic (exact) mass is 719 g/mol. The molecule has 6 aromatic carbocycles. The van der Waals surface area contributed by atoms with E-state index in [0.717, 1.165) is 63.2 Å². The van der Waals surface area contributed by atoms with E-state index in [9.17, 15) is 0 Å². The van der Waals surface area contributed by atoms with Crippen molar-refractivity contribution in [1.29, 1.82) is 0 Å². The predicted octanol–water partition coefficient (Wildman–Crippen LogP) is 11.7. The van der Waals surface area contributed by atoms with Gasteiger partial charge < -0.3 is 4.90 Å². The van der Waals surface area contributed by atoms with Crippen LogP contribution in [0.4, 0.5) is 0 Å². The third-order valence-corrected chi connectivity index (χ3v) is 10.8. The molecule has 2 aliphatic rings. The molecule has 1 aliphatic carbocycles. The minimum atomic E-state index is 0.628. The summed E-state index contributed by atoms with van der Waals surface area (Å²) in [5.41, 5.74) is 16.9. The number of hydrogen-bond acceptors (Lipinski definition) is 5. The van der Waals surface area contributed by atoms with Crippen molar-refractivity contribution in [1.82, 2.24) is 24.8 Å². The van der Waals surface area contributed by atoms with Crippen LogP contribution in [-0.4, -0.2) is 38.4 Å². The van der Waals surface area contributed by atoms with Crippen molar-refractivity contribution in [3.63, 3.8) is 0 Å². The van der Waals surface area contributed by atoms with Gasteiger partial charge in [0.15, 0.2) is 17.5 Å². The molecule has 0 fully saturated rings. The first-order valence-corrected chi connectivity index (χ1v) is 19.0. The first-order chi connectivity index (χ1) is 27.6. The normalized spacial score (nSPS) is 12.9. The highest BCUT2D eigenvalue weighted by Crippen LogP contribution is 2.39. The van der Waals surface area contributed by atoms with Crippen LogP contribution in [0, 0.1) is 0 Å². The van der Waals surface area contributed by atoms with E-state index in [-0.39, 0.29) is 0 Å². The van der Waals surface area contributed by atoms with Gasteiger partial charge in [-0.15, -0.1) is 0 Å². The van der Waals surface area contributed by atoms with Crippen LogP contribution in [0.25, 0.3) is 84.5 Å². The standard InChI is InChI=1S/C51H37N5/c1-56-28-10-8-16-48(56)37-23-19-35(20-24-37)42-31-41(34-17-21-36(22-18-34)47-15-7-9-27-52-47)32-44(33-42)51-54-49(38-11-3-2-4-12-38)53-50(55-51)40-25-26-46-43(30-40)29-39-13-5-6-14-45(39)46/h2-27,30-33H,28-29H2,1H3.